The van der Waals surface area contributed by atoms with Gasteiger partial charge >= 0.3 is 0 Å². The lowest BCUT2D eigenvalue weighted by Gasteiger charge is -2.24. The van der Waals surface area contributed by atoms with Crippen LogP contribution in [0, 0.1) is 0 Å². The zero-order valence-corrected chi connectivity index (χ0v) is 10.9. The number of benzene rings is 1. The molecule has 0 aliphatic rings. The number of rotatable bonds is 5. The van der Waals surface area contributed by atoms with Gasteiger partial charge in [0.15, 0.2) is 11.5 Å². The topological polar surface area (TPSA) is 78.8 Å². The smallest absolute Gasteiger partial charge is 0.251 e. The van der Waals surface area contributed by atoms with Crippen molar-refractivity contribution in [1.29, 1.82) is 0 Å². The van der Waals surface area contributed by atoms with Crippen molar-refractivity contribution in [2.75, 3.05) is 13.2 Å². The Labute approximate surface area is 106 Å². The normalized spacial score (nSPS) is 11.3. The summed E-state index contributed by atoms with van der Waals surface area (Å²) in [6.45, 7) is 6.59. The Balaban J connectivity index is 2.63. The molecule has 0 fully saturated rings. The highest BCUT2D eigenvalue weighted by molar-refractivity contribution is 5.94. The van der Waals surface area contributed by atoms with Crippen LogP contribution >= 0.6 is 0 Å². The molecular formula is C13H19NO4. The summed E-state index contributed by atoms with van der Waals surface area (Å²) in [5, 5.41) is 21.2. The highest BCUT2D eigenvalue weighted by Crippen LogP contribution is 2.24. The first-order chi connectivity index (χ1) is 8.35. The van der Waals surface area contributed by atoms with Crippen LogP contribution in [0.5, 0.6) is 11.5 Å². The number of phenolic OH excluding ortho intramolecular Hbond substituents is 2. The number of ether oxygens (including phenoxy) is 1. The van der Waals surface area contributed by atoms with Crippen LogP contribution in [-0.2, 0) is 4.74 Å². The van der Waals surface area contributed by atoms with Gasteiger partial charge in [-0.15, -0.1) is 0 Å². The minimum Gasteiger partial charge on any atom is -0.504 e. The molecule has 0 aliphatic carbocycles. The minimum atomic E-state index is -0.441. The maximum absolute atomic E-state index is 11.8. The van der Waals surface area contributed by atoms with Crippen LogP contribution in [-0.4, -0.2) is 34.9 Å². The third kappa shape index (κ3) is 3.92. The van der Waals surface area contributed by atoms with E-state index in [9.17, 15) is 9.90 Å². The lowest BCUT2D eigenvalue weighted by Crippen LogP contribution is -2.40. The van der Waals surface area contributed by atoms with Crippen molar-refractivity contribution in [1.82, 2.24) is 5.32 Å². The Morgan fingerprint density at radius 3 is 2.56 bits per heavy atom. The molecule has 3 N–H and O–H groups in total. The minimum absolute atomic E-state index is 0.249. The molecule has 1 rings (SSSR count). The molecule has 0 spiro atoms. The summed E-state index contributed by atoms with van der Waals surface area (Å²) in [7, 11) is 0. The van der Waals surface area contributed by atoms with E-state index in [0.29, 0.717) is 13.2 Å². The van der Waals surface area contributed by atoms with Crippen molar-refractivity contribution >= 4 is 5.91 Å². The third-order valence-corrected chi connectivity index (χ3v) is 2.45. The first kappa shape index (κ1) is 14.3. The van der Waals surface area contributed by atoms with Gasteiger partial charge in [-0.1, -0.05) is 0 Å². The maximum atomic E-state index is 11.8. The van der Waals surface area contributed by atoms with E-state index in [0.717, 1.165) is 0 Å². The van der Waals surface area contributed by atoms with Crippen molar-refractivity contribution in [2.24, 2.45) is 0 Å². The van der Waals surface area contributed by atoms with Crippen molar-refractivity contribution in [2.45, 2.75) is 26.4 Å². The van der Waals surface area contributed by atoms with E-state index >= 15 is 0 Å². The Bertz CT molecular complexity index is 429. The van der Waals surface area contributed by atoms with Gasteiger partial charge < -0.3 is 20.3 Å². The number of carbonyl (C=O) groups excluding carboxylic acids is 1. The second-order valence-electron chi connectivity index (χ2n) is 4.58. The van der Waals surface area contributed by atoms with Crippen LogP contribution < -0.4 is 5.32 Å². The number of phenols is 2. The maximum Gasteiger partial charge on any atom is 0.251 e. The quantitative estimate of drug-likeness (QED) is 0.697. The molecule has 0 atom stereocenters. The lowest BCUT2D eigenvalue weighted by atomic mass is 10.1. The summed E-state index contributed by atoms with van der Waals surface area (Å²) < 4.78 is 5.45. The van der Waals surface area contributed by atoms with Crippen LogP contribution in [0.3, 0.4) is 0 Å². The molecule has 0 aromatic heterocycles. The van der Waals surface area contributed by atoms with Crippen LogP contribution in [0.4, 0.5) is 0 Å². The summed E-state index contributed by atoms with van der Waals surface area (Å²) in [5.74, 6) is -0.883. The molecule has 1 amide bonds. The predicted octanol–water partition coefficient (Wildman–Crippen LogP) is 1.64. The predicted molar refractivity (Wildman–Crippen MR) is 67.8 cm³/mol. The zero-order valence-electron chi connectivity index (χ0n) is 10.9. The number of hydrogen-bond donors (Lipinski definition) is 3. The highest BCUT2D eigenvalue weighted by atomic mass is 16.5. The van der Waals surface area contributed by atoms with E-state index in [1.807, 2.05) is 20.8 Å². The number of aromatic hydroxyl groups is 2. The molecule has 5 heteroatoms. The second-order valence-corrected chi connectivity index (χ2v) is 4.58. The van der Waals surface area contributed by atoms with Gasteiger partial charge in [-0.2, -0.15) is 0 Å². The van der Waals surface area contributed by atoms with Crippen molar-refractivity contribution in [3.63, 3.8) is 0 Å². The second kappa shape index (κ2) is 5.73. The molecule has 1 aromatic carbocycles. The van der Waals surface area contributed by atoms with Gasteiger partial charge in [-0.3, -0.25) is 4.79 Å². The number of amides is 1. The number of hydrogen-bond acceptors (Lipinski definition) is 4. The van der Waals surface area contributed by atoms with Crippen LogP contribution in [0.25, 0.3) is 0 Å². The fraction of sp³-hybridized carbons (Fsp3) is 0.462. The monoisotopic (exact) mass is 253 g/mol. The highest BCUT2D eigenvalue weighted by Gasteiger charge is 2.19. The van der Waals surface area contributed by atoms with E-state index in [-0.39, 0.29) is 23.0 Å². The van der Waals surface area contributed by atoms with E-state index < -0.39 is 5.60 Å². The fourth-order valence-corrected chi connectivity index (χ4v) is 1.50. The Hall–Kier alpha value is -1.75. The summed E-state index contributed by atoms with van der Waals surface area (Å²) in [6, 6.07) is 3.94. The molecule has 0 heterocycles. The summed E-state index contributed by atoms with van der Waals surface area (Å²) in [5.41, 5.74) is -0.152. The van der Waals surface area contributed by atoms with Gasteiger partial charge in [0.2, 0.25) is 0 Å². The van der Waals surface area contributed by atoms with Gasteiger partial charge in [0.05, 0.1) is 5.60 Å². The first-order valence-electron chi connectivity index (χ1n) is 5.80. The SMILES string of the molecule is CCOC(C)(C)CNC(=O)c1ccc(O)c(O)c1. The van der Waals surface area contributed by atoms with E-state index in [1.54, 1.807) is 0 Å². The lowest BCUT2D eigenvalue weighted by molar-refractivity contribution is -0.00815. The van der Waals surface area contributed by atoms with Crippen molar-refractivity contribution < 1.29 is 19.7 Å². The third-order valence-electron chi connectivity index (χ3n) is 2.45. The molecule has 0 radical (unpaired) electrons. The molecule has 18 heavy (non-hydrogen) atoms. The van der Waals surface area contributed by atoms with Gasteiger partial charge in [0.1, 0.15) is 0 Å². The molecule has 0 saturated carbocycles. The standard InChI is InChI=1S/C13H19NO4/c1-4-18-13(2,3)8-14-12(17)9-5-6-10(15)11(16)7-9/h5-7,15-16H,4,8H2,1-3H3,(H,14,17). The molecule has 100 valence electrons. The average molecular weight is 253 g/mol. The molecule has 1 aromatic rings. The summed E-state index contributed by atoms with van der Waals surface area (Å²) in [4.78, 5) is 11.8. The van der Waals surface area contributed by atoms with Crippen LogP contribution in [0.1, 0.15) is 31.1 Å². The van der Waals surface area contributed by atoms with Gasteiger partial charge in [0, 0.05) is 18.7 Å². The first-order valence-corrected chi connectivity index (χ1v) is 5.80. The molecule has 5 nitrogen and oxygen atoms in total. The largest absolute Gasteiger partial charge is 0.504 e. The van der Waals surface area contributed by atoms with Gasteiger partial charge in [-0.25, -0.2) is 0 Å². The number of nitrogens with one attached hydrogen (secondary N) is 1. The van der Waals surface area contributed by atoms with Crippen molar-refractivity contribution in [3.8, 4) is 11.5 Å². The Morgan fingerprint density at radius 2 is 2.00 bits per heavy atom. The Kier molecular flexibility index (Phi) is 4.55. The van der Waals surface area contributed by atoms with Crippen LogP contribution in [0.2, 0.25) is 0 Å². The van der Waals surface area contributed by atoms with E-state index in [2.05, 4.69) is 5.32 Å². The fourth-order valence-electron chi connectivity index (χ4n) is 1.50. The van der Waals surface area contributed by atoms with E-state index in [4.69, 9.17) is 9.84 Å². The van der Waals surface area contributed by atoms with Gasteiger partial charge in [-0.05, 0) is 39.0 Å². The molecule has 0 saturated heterocycles. The summed E-state index contributed by atoms with van der Waals surface area (Å²) >= 11 is 0. The van der Waals surface area contributed by atoms with Gasteiger partial charge in [0.25, 0.3) is 5.91 Å². The molecule has 0 aliphatic heterocycles. The summed E-state index contributed by atoms with van der Waals surface area (Å²) in [6.07, 6.45) is 0. The molecule has 0 unspecified atom stereocenters. The molecular weight excluding hydrogens is 234 g/mol. The van der Waals surface area contributed by atoms with Crippen molar-refractivity contribution in [3.05, 3.63) is 23.8 Å². The van der Waals surface area contributed by atoms with E-state index in [1.165, 1.54) is 18.2 Å². The zero-order chi connectivity index (χ0) is 13.8. The molecule has 0 bridgehead atoms. The number of carbonyl (C=O) groups is 1. The average Bonchev–Trinajstić information content (AvgIpc) is 2.30. The van der Waals surface area contributed by atoms with Crippen LogP contribution in [0.15, 0.2) is 18.2 Å². The Morgan fingerprint density at radius 1 is 1.33 bits per heavy atom.